The van der Waals surface area contributed by atoms with Gasteiger partial charge in [0, 0.05) is 32.7 Å². The van der Waals surface area contributed by atoms with E-state index in [9.17, 15) is 9.59 Å². The number of para-hydroxylation sites is 2. The first kappa shape index (κ1) is 21.8. The SMILES string of the molecule is CC(C)Oc1ccccc1N1CCN(CC(F)CC23CC=CCC2C(=O)NC3=O)CC1. The smallest absolute Gasteiger partial charge is 0.234 e. The zero-order valence-corrected chi connectivity index (χ0v) is 18.4. The second-order valence-electron chi connectivity index (χ2n) is 9.16. The van der Waals surface area contributed by atoms with Crippen molar-refractivity contribution in [2.45, 2.75) is 45.4 Å². The lowest BCUT2D eigenvalue weighted by Gasteiger charge is -2.39. The number of carbonyl (C=O) groups is 2. The van der Waals surface area contributed by atoms with Gasteiger partial charge in [0.05, 0.1) is 23.1 Å². The van der Waals surface area contributed by atoms with Crippen molar-refractivity contribution in [2.75, 3.05) is 37.6 Å². The van der Waals surface area contributed by atoms with E-state index < -0.39 is 17.5 Å². The second-order valence-corrected chi connectivity index (χ2v) is 9.16. The first-order chi connectivity index (χ1) is 14.9. The Morgan fingerprint density at radius 1 is 1.16 bits per heavy atom. The van der Waals surface area contributed by atoms with Gasteiger partial charge < -0.3 is 9.64 Å². The van der Waals surface area contributed by atoms with E-state index in [2.05, 4.69) is 21.2 Å². The molecule has 0 radical (unpaired) electrons. The van der Waals surface area contributed by atoms with Crippen molar-refractivity contribution in [3.8, 4) is 5.75 Å². The van der Waals surface area contributed by atoms with Gasteiger partial charge in [-0.2, -0.15) is 0 Å². The first-order valence-corrected chi connectivity index (χ1v) is 11.3. The Labute approximate surface area is 183 Å². The number of hydrogen-bond donors (Lipinski definition) is 1. The van der Waals surface area contributed by atoms with E-state index in [0.717, 1.165) is 37.6 Å². The molecule has 2 amide bonds. The van der Waals surface area contributed by atoms with Crippen LogP contribution in [0, 0.1) is 11.3 Å². The summed E-state index contributed by atoms with van der Waals surface area (Å²) >= 11 is 0. The molecule has 1 aliphatic carbocycles. The third-order valence-corrected chi connectivity index (χ3v) is 6.68. The van der Waals surface area contributed by atoms with Crippen LogP contribution in [0.4, 0.5) is 10.1 Å². The highest BCUT2D eigenvalue weighted by atomic mass is 19.1. The molecule has 3 atom stereocenters. The molecule has 4 rings (SSSR count). The Morgan fingerprint density at radius 2 is 1.90 bits per heavy atom. The van der Waals surface area contributed by atoms with Gasteiger partial charge in [0.2, 0.25) is 11.8 Å². The molecule has 0 bridgehead atoms. The van der Waals surface area contributed by atoms with Crippen LogP contribution >= 0.6 is 0 Å². The summed E-state index contributed by atoms with van der Waals surface area (Å²) in [4.78, 5) is 29.1. The molecule has 168 valence electrons. The number of fused-ring (bicyclic) bond motifs is 1. The van der Waals surface area contributed by atoms with E-state index in [1.165, 1.54) is 0 Å². The van der Waals surface area contributed by atoms with Gasteiger partial charge in [0.25, 0.3) is 0 Å². The fourth-order valence-electron chi connectivity index (χ4n) is 5.13. The summed E-state index contributed by atoms with van der Waals surface area (Å²) in [7, 11) is 0. The number of nitrogens with zero attached hydrogens (tertiary/aromatic N) is 2. The Hall–Kier alpha value is -2.41. The van der Waals surface area contributed by atoms with E-state index in [0.29, 0.717) is 12.8 Å². The predicted octanol–water partition coefficient (Wildman–Crippen LogP) is 2.93. The Kier molecular flexibility index (Phi) is 6.32. The molecule has 2 heterocycles. The van der Waals surface area contributed by atoms with Crippen molar-refractivity contribution >= 4 is 17.5 Å². The van der Waals surface area contributed by atoms with Gasteiger partial charge >= 0.3 is 0 Å². The average Bonchev–Trinajstić information content (AvgIpc) is 2.98. The summed E-state index contributed by atoms with van der Waals surface area (Å²) in [5, 5.41) is 2.43. The molecule has 3 aliphatic rings. The minimum absolute atomic E-state index is 0.102. The van der Waals surface area contributed by atoms with Crippen LogP contribution in [0.15, 0.2) is 36.4 Å². The number of amides is 2. The lowest BCUT2D eigenvalue weighted by Crippen LogP contribution is -2.49. The molecule has 1 N–H and O–H groups in total. The van der Waals surface area contributed by atoms with E-state index in [-0.39, 0.29) is 30.9 Å². The van der Waals surface area contributed by atoms with Crippen LogP contribution in [0.1, 0.15) is 33.1 Å². The number of hydrogen-bond acceptors (Lipinski definition) is 5. The van der Waals surface area contributed by atoms with Crippen LogP contribution in [0.3, 0.4) is 0 Å². The molecule has 2 aliphatic heterocycles. The third-order valence-electron chi connectivity index (χ3n) is 6.68. The molecule has 0 saturated carbocycles. The summed E-state index contributed by atoms with van der Waals surface area (Å²) in [6, 6.07) is 8.04. The molecular formula is C24H32FN3O3. The van der Waals surface area contributed by atoms with Crippen molar-refractivity contribution in [1.29, 1.82) is 0 Å². The molecule has 0 spiro atoms. The molecule has 0 aromatic heterocycles. The van der Waals surface area contributed by atoms with Crippen LogP contribution in [0.5, 0.6) is 5.75 Å². The zero-order chi connectivity index (χ0) is 22.0. The number of piperazine rings is 1. The molecule has 31 heavy (non-hydrogen) atoms. The van der Waals surface area contributed by atoms with Gasteiger partial charge in [0.15, 0.2) is 0 Å². The number of anilines is 1. The molecule has 6 nitrogen and oxygen atoms in total. The van der Waals surface area contributed by atoms with E-state index in [4.69, 9.17) is 4.74 Å². The topological polar surface area (TPSA) is 61.9 Å². The molecule has 2 fully saturated rings. The Bertz CT molecular complexity index is 850. The highest BCUT2D eigenvalue weighted by Crippen LogP contribution is 2.46. The number of imide groups is 1. The average molecular weight is 430 g/mol. The van der Waals surface area contributed by atoms with Crippen LogP contribution in [0.2, 0.25) is 0 Å². The predicted molar refractivity (Wildman–Crippen MR) is 118 cm³/mol. The number of nitrogens with one attached hydrogen (secondary N) is 1. The van der Waals surface area contributed by atoms with Crippen molar-refractivity contribution in [3.05, 3.63) is 36.4 Å². The van der Waals surface area contributed by atoms with Crippen LogP contribution in [0.25, 0.3) is 0 Å². The lowest BCUT2D eigenvalue weighted by atomic mass is 9.67. The van der Waals surface area contributed by atoms with E-state index in [1.54, 1.807) is 0 Å². The van der Waals surface area contributed by atoms with E-state index in [1.807, 2.05) is 44.2 Å². The number of alkyl halides is 1. The highest BCUT2D eigenvalue weighted by Gasteiger charge is 2.55. The summed E-state index contributed by atoms with van der Waals surface area (Å²) in [6.07, 6.45) is 3.86. The lowest BCUT2D eigenvalue weighted by molar-refractivity contribution is -0.130. The van der Waals surface area contributed by atoms with E-state index >= 15 is 4.39 Å². The van der Waals surface area contributed by atoms with Crippen molar-refractivity contribution < 1.29 is 18.7 Å². The van der Waals surface area contributed by atoms with Gasteiger partial charge in [-0.1, -0.05) is 24.3 Å². The summed E-state index contributed by atoms with van der Waals surface area (Å²) in [5.41, 5.74) is 0.157. The quantitative estimate of drug-likeness (QED) is 0.533. The minimum Gasteiger partial charge on any atom is -0.489 e. The third kappa shape index (κ3) is 4.47. The maximum absolute atomic E-state index is 15.1. The number of carbonyl (C=O) groups excluding carboxylic acids is 2. The monoisotopic (exact) mass is 429 g/mol. The molecule has 1 aromatic carbocycles. The van der Waals surface area contributed by atoms with Gasteiger partial charge in [-0.3, -0.25) is 19.8 Å². The normalized spacial score (nSPS) is 27.4. The van der Waals surface area contributed by atoms with Gasteiger partial charge in [0.1, 0.15) is 11.9 Å². The number of allylic oxidation sites excluding steroid dienone is 2. The molecule has 1 aromatic rings. The number of benzene rings is 1. The highest BCUT2D eigenvalue weighted by molar-refractivity contribution is 6.07. The van der Waals surface area contributed by atoms with Gasteiger partial charge in [-0.15, -0.1) is 0 Å². The minimum atomic E-state index is -1.14. The molecule has 2 saturated heterocycles. The number of halogens is 1. The Morgan fingerprint density at radius 3 is 2.65 bits per heavy atom. The summed E-state index contributed by atoms with van der Waals surface area (Å²) in [5.74, 6) is -0.113. The summed E-state index contributed by atoms with van der Waals surface area (Å²) < 4.78 is 21.1. The van der Waals surface area contributed by atoms with Crippen LogP contribution in [-0.2, 0) is 9.59 Å². The van der Waals surface area contributed by atoms with Crippen molar-refractivity contribution in [2.24, 2.45) is 11.3 Å². The zero-order valence-electron chi connectivity index (χ0n) is 18.4. The molecule has 3 unspecified atom stereocenters. The maximum Gasteiger partial charge on any atom is 0.234 e. The van der Waals surface area contributed by atoms with Gasteiger partial charge in [-0.25, -0.2) is 4.39 Å². The maximum atomic E-state index is 15.1. The number of rotatable bonds is 7. The molecular weight excluding hydrogens is 397 g/mol. The standard InChI is InChI=1S/C24H32FN3O3/c1-17(2)31-21-9-4-3-8-20(21)28-13-11-27(12-14-28)16-18(25)15-24-10-6-5-7-19(24)22(29)26-23(24)30/h3-6,8-9,17-19H,7,10-16H2,1-2H3,(H,26,29,30). The first-order valence-electron chi connectivity index (χ1n) is 11.3. The fourth-order valence-corrected chi connectivity index (χ4v) is 5.13. The van der Waals surface area contributed by atoms with Crippen molar-refractivity contribution in [3.63, 3.8) is 0 Å². The molecule has 7 heteroatoms. The fraction of sp³-hybridized carbons (Fsp3) is 0.583. The summed E-state index contributed by atoms with van der Waals surface area (Å²) in [6.45, 7) is 7.40. The largest absolute Gasteiger partial charge is 0.489 e. The van der Waals surface area contributed by atoms with Crippen molar-refractivity contribution in [1.82, 2.24) is 10.2 Å². The van der Waals surface area contributed by atoms with Crippen LogP contribution in [-0.4, -0.2) is 61.7 Å². The number of ether oxygens (including phenoxy) is 1. The van der Waals surface area contributed by atoms with Gasteiger partial charge in [-0.05, 0) is 45.2 Å². The Balaban J connectivity index is 1.34. The van der Waals surface area contributed by atoms with Crippen LogP contribution < -0.4 is 15.0 Å². The second kappa shape index (κ2) is 8.99.